The molecule has 1 aromatic rings. The number of hydrogen-bond acceptors (Lipinski definition) is 5. The standard InChI is InChI=1S/C14H20ClN3O3S/c1-14(2,3)21-13(19)18-6-4-5-11(18)9-22(20)12-16-7-10(15)8-17-12/h7-8,11H,4-6,9H2,1-3H3/t11-,22-/m1/s1. The van der Waals surface area contributed by atoms with Crippen LogP contribution in [0.25, 0.3) is 0 Å². The molecule has 1 amide bonds. The second-order valence-corrected chi connectivity index (χ2v) is 7.99. The van der Waals surface area contributed by atoms with Gasteiger partial charge in [-0.15, -0.1) is 0 Å². The molecule has 122 valence electrons. The Bertz CT molecular complexity index is 559. The van der Waals surface area contributed by atoms with Gasteiger partial charge in [-0.1, -0.05) is 11.6 Å². The molecule has 0 spiro atoms. The van der Waals surface area contributed by atoms with Crippen LogP contribution in [0.2, 0.25) is 5.02 Å². The van der Waals surface area contributed by atoms with Gasteiger partial charge in [-0.25, -0.2) is 14.8 Å². The van der Waals surface area contributed by atoms with Gasteiger partial charge in [-0.05, 0) is 33.6 Å². The highest BCUT2D eigenvalue weighted by Gasteiger charge is 2.33. The number of halogens is 1. The predicted octanol–water partition coefficient (Wildman–Crippen LogP) is 2.64. The van der Waals surface area contributed by atoms with E-state index in [-0.39, 0.29) is 17.3 Å². The highest BCUT2D eigenvalue weighted by atomic mass is 35.5. The first kappa shape index (κ1) is 17.1. The van der Waals surface area contributed by atoms with Gasteiger partial charge in [0.05, 0.1) is 34.0 Å². The molecule has 1 saturated heterocycles. The summed E-state index contributed by atoms with van der Waals surface area (Å²) in [6.07, 6.45) is 4.16. The summed E-state index contributed by atoms with van der Waals surface area (Å²) < 4.78 is 17.7. The van der Waals surface area contributed by atoms with E-state index >= 15 is 0 Å². The van der Waals surface area contributed by atoms with Crippen LogP contribution < -0.4 is 0 Å². The number of ether oxygens (including phenoxy) is 1. The van der Waals surface area contributed by atoms with Crippen LogP contribution in [-0.2, 0) is 15.5 Å². The lowest BCUT2D eigenvalue weighted by Crippen LogP contribution is -2.42. The first-order chi connectivity index (χ1) is 10.3. The molecule has 0 bridgehead atoms. The van der Waals surface area contributed by atoms with Gasteiger partial charge in [-0.2, -0.15) is 0 Å². The number of nitrogens with zero attached hydrogens (tertiary/aromatic N) is 3. The Morgan fingerprint density at radius 1 is 1.45 bits per heavy atom. The van der Waals surface area contributed by atoms with Gasteiger partial charge in [0.1, 0.15) is 5.60 Å². The molecule has 0 radical (unpaired) electrons. The zero-order chi connectivity index (χ0) is 16.3. The third-order valence-electron chi connectivity index (χ3n) is 3.15. The van der Waals surface area contributed by atoms with Gasteiger partial charge in [0.2, 0.25) is 5.16 Å². The number of carbonyl (C=O) groups excluding carboxylic acids is 1. The Labute approximate surface area is 137 Å². The monoisotopic (exact) mass is 345 g/mol. The van der Waals surface area contributed by atoms with E-state index in [1.807, 2.05) is 20.8 Å². The number of amides is 1. The van der Waals surface area contributed by atoms with Crippen LogP contribution in [0.1, 0.15) is 33.6 Å². The van der Waals surface area contributed by atoms with Crippen LogP contribution in [0, 0.1) is 0 Å². The van der Waals surface area contributed by atoms with E-state index in [0.29, 0.717) is 17.3 Å². The van der Waals surface area contributed by atoms with E-state index < -0.39 is 16.4 Å². The van der Waals surface area contributed by atoms with Crippen LogP contribution in [0.5, 0.6) is 0 Å². The Morgan fingerprint density at radius 2 is 2.09 bits per heavy atom. The van der Waals surface area contributed by atoms with Crippen LogP contribution in [0.3, 0.4) is 0 Å². The summed E-state index contributed by atoms with van der Waals surface area (Å²) in [4.78, 5) is 21.8. The zero-order valence-electron chi connectivity index (χ0n) is 12.9. The van der Waals surface area contributed by atoms with E-state index in [0.717, 1.165) is 12.8 Å². The van der Waals surface area contributed by atoms with E-state index in [1.54, 1.807) is 4.90 Å². The SMILES string of the molecule is CC(C)(C)OC(=O)N1CCC[C@@H]1C[S@@](=O)c1ncc(Cl)cn1. The Hall–Kier alpha value is -1.21. The Morgan fingerprint density at radius 3 is 2.68 bits per heavy atom. The maximum Gasteiger partial charge on any atom is 0.410 e. The van der Waals surface area contributed by atoms with Crippen LogP contribution >= 0.6 is 11.6 Å². The number of likely N-dealkylation sites (tertiary alicyclic amines) is 1. The van der Waals surface area contributed by atoms with Gasteiger partial charge in [0.25, 0.3) is 0 Å². The van der Waals surface area contributed by atoms with Crippen molar-refractivity contribution in [3.63, 3.8) is 0 Å². The highest BCUT2D eigenvalue weighted by Crippen LogP contribution is 2.22. The van der Waals surface area contributed by atoms with Crippen molar-refractivity contribution in [3.8, 4) is 0 Å². The van der Waals surface area contributed by atoms with Crippen LogP contribution in [0.4, 0.5) is 4.79 Å². The molecule has 1 fully saturated rings. The Kier molecular flexibility index (Phi) is 5.39. The minimum Gasteiger partial charge on any atom is -0.444 e. The Balaban J connectivity index is 2.00. The average molecular weight is 346 g/mol. The topological polar surface area (TPSA) is 72.4 Å². The fourth-order valence-corrected chi connectivity index (χ4v) is 3.52. The molecule has 8 heteroatoms. The maximum atomic E-state index is 12.3. The first-order valence-corrected chi connectivity index (χ1v) is 8.81. The first-order valence-electron chi connectivity index (χ1n) is 7.12. The molecule has 22 heavy (non-hydrogen) atoms. The molecule has 1 aliphatic heterocycles. The molecule has 0 aromatic carbocycles. The molecule has 1 aliphatic rings. The molecule has 2 atom stereocenters. The lowest BCUT2D eigenvalue weighted by Gasteiger charge is -2.28. The van der Waals surface area contributed by atoms with Crippen molar-refractivity contribution in [2.45, 2.75) is 50.4 Å². The summed E-state index contributed by atoms with van der Waals surface area (Å²) in [6, 6.07) is -0.116. The second kappa shape index (κ2) is 6.91. The lowest BCUT2D eigenvalue weighted by atomic mass is 10.2. The average Bonchev–Trinajstić information content (AvgIpc) is 2.85. The minimum absolute atomic E-state index is 0.116. The summed E-state index contributed by atoms with van der Waals surface area (Å²) in [5.41, 5.74) is -0.539. The molecular weight excluding hydrogens is 326 g/mol. The van der Waals surface area contributed by atoms with Gasteiger partial charge in [0, 0.05) is 12.6 Å². The van der Waals surface area contributed by atoms with E-state index in [1.165, 1.54) is 12.4 Å². The van der Waals surface area contributed by atoms with Gasteiger partial charge in [0.15, 0.2) is 0 Å². The fourth-order valence-electron chi connectivity index (χ4n) is 2.24. The third kappa shape index (κ3) is 4.64. The normalized spacial score (nSPS) is 20.0. The number of aromatic nitrogens is 2. The predicted molar refractivity (Wildman–Crippen MR) is 84.3 cm³/mol. The molecule has 0 unspecified atom stereocenters. The summed E-state index contributed by atoms with van der Waals surface area (Å²) in [6.45, 7) is 6.11. The van der Waals surface area contributed by atoms with Crippen molar-refractivity contribution >= 4 is 28.5 Å². The maximum absolute atomic E-state index is 12.3. The second-order valence-electron chi connectivity index (χ2n) is 6.17. The number of rotatable bonds is 3. The quantitative estimate of drug-likeness (QED) is 0.787. The van der Waals surface area contributed by atoms with E-state index in [2.05, 4.69) is 9.97 Å². The van der Waals surface area contributed by atoms with Crippen molar-refractivity contribution in [1.29, 1.82) is 0 Å². The van der Waals surface area contributed by atoms with Crippen LogP contribution in [-0.4, -0.2) is 49.1 Å². The van der Waals surface area contributed by atoms with Crippen molar-refractivity contribution in [2.24, 2.45) is 0 Å². The molecule has 2 rings (SSSR count). The van der Waals surface area contributed by atoms with Crippen LogP contribution in [0.15, 0.2) is 17.6 Å². The third-order valence-corrected chi connectivity index (χ3v) is 4.65. The molecule has 6 nitrogen and oxygen atoms in total. The van der Waals surface area contributed by atoms with E-state index in [4.69, 9.17) is 16.3 Å². The molecule has 2 heterocycles. The summed E-state index contributed by atoms with van der Waals surface area (Å²) in [5.74, 6) is 0.306. The lowest BCUT2D eigenvalue weighted by molar-refractivity contribution is 0.0241. The largest absolute Gasteiger partial charge is 0.444 e. The van der Waals surface area contributed by atoms with Gasteiger partial charge >= 0.3 is 6.09 Å². The molecule has 0 N–H and O–H groups in total. The van der Waals surface area contributed by atoms with Gasteiger partial charge in [-0.3, -0.25) is 4.21 Å². The van der Waals surface area contributed by atoms with Gasteiger partial charge < -0.3 is 9.64 Å². The fraction of sp³-hybridized carbons (Fsp3) is 0.643. The van der Waals surface area contributed by atoms with E-state index in [9.17, 15) is 9.00 Å². The highest BCUT2D eigenvalue weighted by molar-refractivity contribution is 7.84. The zero-order valence-corrected chi connectivity index (χ0v) is 14.5. The van der Waals surface area contributed by atoms with Crippen molar-refractivity contribution in [2.75, 3.05) is 12.3 Å². The summed E-state index contributed by atoms with van der Waals surface area (Å²) in [5, 5.41) is 0.637. The summed E-state index contributed by atoms with van der Waals surface area (Å²) in [7, 11) is -1.37. The molecular formula is C14H20ClN3O3S. The number of hydrogen-bond donors (Lipinski definition) is 0. The molecule has 0 saturated carbocycles. The van der Waals surface area contributed by atoms with Crippen molar-refractivity contribution in [3.05, 3.63) is 17.4 Å². The molecule has 0 aliphatic carbocycles. The smallest absolute Gasteiger partial charge is 0.410 e. The van der Waals surface area contributed by atoms with Crippen molar-refractivity contribution < 1.29 is 13.7 Å². The molecule has 1 aromatic heterocycles. The van der Waals surface area contributed by atoms with Crippen molar-refractivity contribution in [1.82, 2.24) is 14.9 Å². The summed E-state index contributed by atoms with van der Waals surface area (Å²) >= 11 is 5.72. The minimum atomic E-state index is -1.37. The number of carbonyl (C=O) groups is 1.